The van der Waals surface area contributed by atoms with Gasteiger partial charge in [0.25, 0.3) is 5.91 Å². The molecule has 0 aromatic heterocycles. The number of piperidine rings is 1. The molecule has 0 unspecified atom stereocenters. The Labute approximate surface area is 160 Å². The fourth-order valence-electron chi connectivity index (χ4n) is 3.35. The zero-order valence-electron chi connectivity index (χ0n) is 16.2. The molecule has 1 aromatic carbocycles. The first-order valence-corrected chi connectivity index (χ1v) is 9.50. The fourth-order valence-corrected chi connectivity index (χ4v) is 3.35. The Morgan fingerprint density at radius 3 is 2.41 bits per heavy atom. The molecule has 1 heterocycles. The number of nitrogens with one attached hydrogen (secondary N) is 2. The maximum atomic E-state index is 12.6. The molecule has 1 aromatic rings. The monoisotopic (exact) mass is 375 g/mol. The van der Waals surface area contributed by atoms with Crippen LogP contribution >= 0.6 is 0 Å². The molecule has 0 saturated carbocycles. The summed E-state index contributed by atoms with van der Waals surface area (Å²) in [6, 6.07) is 8.94. The van der Waals surface area contributed by atoms with Gasteiger partial charge in [0.05, 0.1) is 6.42 Å². The molecule has 27 heavy (non-hydrogen) atoms. The molecule has 0 radical (unpaired) electrons. The largest absolute Gasteiger partial charge is 0.452 e. The lowest BCUT2D eigenvalue weighted by Crippen LogP contribution is -2.51. The van der Waals surface area contributed by atoms with Crippen LogP contribution in [0, 0.1) is 0 Å². The molecule has 1 fully saturated rings. The lowest BCUT2D eigenvalue weighted by atomic mass is 9.97. The second kappa shape index (κ2) is 9.94. The van der Waals surface area contributed by atoms with Gasteiger partial charge in [-0.15, -0.1) is 0 Å². The maximum absolute atomic E-state index is 12.6. The van der Waals surface area contributed by atoms with E-state index in [1.807, 2.05) is 36.9 Å². The summed E-state index contributed by atoms with van der Waals surface area (Å²) in [4.78, 5) is 38.2. The molecule has 3 amide bonds. The van der Waals surface area contributed by atoms with Crippen LogP contribution in [0.1, 0.15) is 46.5 Å². The molecule has 2 N–H and O–H groups in total. The summed E-state index contributed by atoms with van der Waals surface area (Å²) in [5, 5.41) is 5.26. The molecule has 2 rings (SSSR count). The van der Waals surface area contributed by atoms with Crippen LogP contribution in [0.5, 0.6) is 0 Å². The summed E-state index contributed by atoms with van der Waals surface area (Å²) in [7, 11) is 0. The molecular formula is C20H29N3O4. The second-order valence-corrected chi connectivity index (χ2v) is 7.00. The highest BCUT2D eigenvalue weighted by Gasteiger charge is 2.33. The van der Waals surface area contributed by atoms with Gasteiger partial charge < -0.3 is 20.3 Å². The Bertz CT molecular complexity index is 640. The number of ether oxygens (including phenoxy) is 1. The normalized spacial score (nSPS) is 20.5. The summed E-state index contributed by atoms with van der Waals surface area (Å²) < 4.78 is 5.26. The topological polar surface area (TPSA) is 87.7 Å². The minimum Gasteiger partial charge on any atom is -0.452 e. The Hall–Kier alpha value is -2.57. The summed E-state index contributed by atoms with van der Waals surface area (Å²) in [6.45, 7) is 5.79. The van der Waals surface area contributed by atoms with Crippen molar-refractivity contribution in [1.82, 2.24) is 10.2 Å². The standard InChI is InChI=1S/C20H29N3O4/c1-14-8-7-9-15(2)23(14)19(25)16(3)27-18(24)12-13-21-20(26)22-17-10-5-4-6-11-17/h4-6,10-11,14-16H,7-9,12-13H2,1-3H3,(H2,21,22,26)/t14-,15-,16-/m0/s1. The van der Waals surface area contributed by atoms with Crippen LogP contribution in [0.15, 0.2) is 30.3 Å². The zero-order valence-corrected chi connectivity index (χ0v) is 16.2. The van der Waals surface area contributed by atoms with E-state index in [0.717, 1.165) is 19.3 Å². The van der Waals surface area contributed by atoms with E-state index in [1.54, 1.807) is 19.1 Å². The third-order valence-electron chi connectivity index (χ3n) is 4.75. The molecule has 0 aliphatic carbocycles. The van der Waals surface area contributed by atoms with Gasteiger partial charge in [0.15, 0.2) is 6.10 Å². The Balaban J connectivity index is 1.71. The van der Waals surface area contributed by atoms with E-state index in [2.05, 4.69) is 10.6 Å². The summed E-state index contributed by atoms with van der Waals surface area (Å²) in [5.41, 5.74) is 0.668. The van der Waals surface area contributed by atoms with E-state index < -0.39 is 18.1 Å². The highest BCUT2D eigenvalue weighted by Crippen LogP contribution is 2.23. The predicted octanol–water partition coefficient (Wildman–Crippen LogP) is 2.92. The lowest BCUT2D eigenvalue weighted by molar-refractivity contribution is -0.162. The van der Waals surface area contributed by atoms with Crippen molar-refractivity contribution in [1.29, 1.82) is 0 Å². The minimum atomic E-state index is -0.821. The van der Waals surface area contributed by atoms with Crippen molar-refractivity contribution in [2.24, 2.45) is 0 Å². The summed E-state index contributed by atoms with van der Waals surface area (Å²) >= 11 is 0. The number of esters is 1. The Kier molecular flexibility index (Phi) is 7.64. The van der Waals surface area contributed by atoms with Crippen LogP contribution in [-0.4, -0.2) is 47.5 Å². The highest BCUT2D eigenvalue weighted by molar-refractivity contribution is 5.89. The summed E-state index contributed by atoms with van der Waals surface area (Å²) in [5.74, 6) is -0.661. The molecule has 0 spiro atoms. The van der Waals surface area contributed by atoms with Crippen LogP contribution in [-0.2, 0) is 14.3 Å². The summed E-state index contributed by atoms with van der Waals surface area (Å²) in [6.07, 6.45) is 2.23. The van der Waals surface area contributed by atoms with Gasteiger partial charge >= 0.3 is 12.0 Å². The third kappa shape index (κ3) is 6.27. The first-order valence-electron chi connectivity index (χ1n) is 9.50. The second-order valence-electron chi connectivity index (χ2n) is 7.00. The predicted molar refractivity (Wildman–Crippen MR) is 103 cm³/mol. The van der Waals surface area contributed by atoms with Gasteiger partial charge in [-0.25, -0.2) is 4.79 Å². The van der Waals surface area contributed by atoms with E-state index in [9.17, 15) is 14.4 Å². The number of carbonyl (C=O) groups excluding carboxylic acids is 3. The zero-order chi connectivity index (χ0) is 19.8. The van der Waals surface area contributed by atoms with Crippen LogP contribution in [0.25, 0.3) is 0 Å². The van der Waals surface area contributed by atoms with Crippen LogP contribution < -0.4 is 10.6 Å². The van der Waals surface area contributed by atoms with Gasteiger partial charge in [0.2, 0.25) is 0 Å². The Morgan fingerprint density at radius 2 is 1.78 bits per heavy atom. The molecular weight excluding hydrogens is 346 g/mol. The number of carbonyl (C=O) groups is 3. The van der Waals surface area contributed by atoms with Crippen molar-refractivity contribution < 1.29 is 19.1 Å². The smallest absolute Gasteiger partial charge is 0.319 e. The van der Waals surface area contributed by atoms with Crippen molar-refractivity contribution in [2.45, 2.75) is 64.6 Å². The van der Waals surface area contributed by atoms with Gasteiger partial charge in [-0.05, 0) is 52.2 Å². The quantitative estimate of drug-likeness (QED) is 0.749. The molecule has 0 bridgehead atoms. The van der Waals surface area contributed by atoms with E-state index >= 15 is 0 Å². The van der Waals surface area contributed by atoms with Gasteiger partial charge in [-0.1, -0.05) is 18.2 Å². The number of hydrogen-bond acceptors (Lipinski definition) is 4. The van der Waals surface area contributed by atoms with Crippen molar-refractivity contribution in [3.8, 4) is 0 Å². The molecule has 7 heteroatoms. The molecule has 1 aliphatic rings. The van der Waals surface area contributed by atoms with Crippen molar-refractivity contribution >= 4 is 23.6 Å². The molecule has 7 nitrogen and oxygen atoms in total. The number of benzene rings is 1. The number of hydrogen-bond donors (Lipinski definition) is 2. The number of likely N-dealkylation sites (tertiary alicyclic amines) is 1. The lowest BCUT2D eigenvalue weighted by Gasteiger charge is -2.40. The first-order chi connectivity index (χ1) is 12.9. The van der Waals surface area contributed by atoms with E-state index in [4.69, 9.17) is 4.74 Å². The van der Waals surface area contributed by atoms with Crippen molar-refractivity contribution in [3.05, 3.63) is 30.3 Å². The van der Waals surface area contributed by atoms with Gasteiger partial charge in [0.1, 0.15) is 0 Å². The third-order valence-corrected chi connectivity index (χ3v) is 4.75. The molecule has 1 aliphatic heterocycles. The first kappa shape index (κ1) is 20.7. The number of para-hydroxylation sites is 1. The molecule has 3 atom stereocenters. The van der Waals surface area contributed by atoms with Gasteiger partial charge in [-0.3, -0.25) is 9.59 Å². The molecule has 148 valence electrons. The van der Waals surface area contributed by atoms with Crippen LogP contribution in [0.4, 0.5) is 10.5 Å². The number of urea groups is 1. The fraction of sp³-hybridized carbons (Fsp3) is 0.550. The van der Waals surface area contributed by atoms with E-state index in [0.29, 0.717) is 5.69 Å². The number of nitrogens with zero attached hydrogens (tertiary/aromatic N) is 1. The average Bonchev–Trinajstić information content (AvgIpc) is 2.62. The maximum Gasteiger partial charge on any atom is 0.319 e. The number of amides is 3. The van der Waals surface area contributed by atoms with E-state index in [-0.39, 0.29) is 31.0 Å². The van der Waals surface area contributed by atoms with E-state index in [1.165, 1.54) is 0 Å². The van der Waals surface area contributed by atoms with Crippen LogP contribution in [0.2, 0.25) is 0 Å². The average molecular weight is 375 g/mol. The van der Waals surface area contributed by atoms with Gasteiger partial charge in [-0.2, -0.15) is 0 Å². The van der Waals surface area contributed by atoms with Crippen LogP contribution in [0.3, 0.4) is 0 Å². The minimum absolute atomic E-state index is 0.00490. The SMILES string of the molecule is C[C@H](OC(=O)CCNC(=O)Nc1ccccc1)C(=O)N1[C@@H](C)CCC[C@@H]1C. The van der Waals surface area contributed by atoms with Gasteiger partial charge in [0, 0.05) is 24.3 Å². The Morgan fingerprint density at radius 1 is 1.15 bits per heavy atom. The number of rotatable bonds is 6. The highest BCUT2D eigenvalue weighted by atomic mass is 16.5. The number of anilines is 1. The van der Waals surface area contributed by atoms with Crippen molar-refractivity contribution in [2.75, 3.05) is 11.9 Å². The van der Waals surface area contributed by atoms with Crippen molar-refractivity contribution in [3.63, 3.8) is 0 Å². The molecule has 1 saturated heterocycles.